The average Bonchev–Trinajstić information content (AvgIpc) is 2.79. The van der Waals surface area contributed by atoms with Crippen molar-refractivity contribution in [3.63, 3.8) is 0 Å². The van der Waals surface area contributed by atoms with E-state index in [1.807, 2.05) is 39.0 Å². The average molecular weight is 373 g/mol. The Morgan fingerprint density at radius 2 is 1.85 bits per heavy atom. The van der Waals surface area contributed by atoms with Gasteiger partial charge in [-0.25, -0.2) is 4.79 Å². The number of benzene rings is 1. The lowest BCUT2D eigenvalue weighted by Crippen LogP contribution is -2.45. The van der Waals surface area contributed by atoms with Crippen LogP contribution in [0.4, 0.5) is 4.79 Å². The molecule has 2 unspecified atom stereocenters. The number of carbonyl (C=O) groups is 3. The van der Waals surface area contributed by atoms with Gasteiger partial charge in [0.2, 0.25) is 5.91 Å². The Morgan fingerprint density at radius 3 is 2.44 bits per heavy atom. The van der Waals surface area contributed by atoms with E-state index in [1.54, 1.807) is 6.92 Å². The van der Waals surface area contributed by atoms with E-state index in [-0.39, 0.29) is 24.4 Å². The Balaban J connectivity index is 1.99. The third-order valence-corrected chi connectivity index (χ3v) is 5.28. The lowest BCUT2D eigenvalue weighted by molar-refractivity contribution is -0.135. The summed E-state index contributed by atoms with van der Waals surface area (Å²) in [4.78, 5) is 38.4. The van der Waals surface area contributed by atoms with Crippen molar-refractivity contribution in [3.05, 3.63) is 34.9 Å². The van der Waals surface area contributed by atoms with Gasteiger partial charge in [0.05, 0.1) is 6.04 Å². The molecule has 27 heavy (non-hydrogen) atoms. The zero-order valence-electron chi connectivity index (χ0n) is 17.2. The number of imide groups is 1. The molecule has 1 heterocycles. The molecule has 4 amide bonds. The first-order valence-electron chi connectivity index (χ1n) is 9.54. The Kier molecular flexibility index (Phi) is 6.29. The van der Waals surface area contributed by atoms with Crippen molar-refractivity contribution in [2.45, 2.75) is 66.0 Å². The van der Waals surface area contributed by atoms with Crippen LogP contribution in [-0.2, 0) is 9.59 Å². The first-order valence-corrected chi connectivity index (χ1v) is 9.54. The smallest absolute Gasteiger partial charge is 0.325 e. The number of aryl methyl sites for hydroxylation is 2. The summed E-state index contributed by atoms with van der Waals surface area (Å²) in [6, 6.07) is 5.33. The maximum atomic E-state index is 12.7. The van der Waals surface area contributed by atoms with Crippen molar-refractivity contribution in [2.24, 2.45) is 5.92 Å². The zero-order valence-corrected chi connectivity index (χ0v) is 17.2. The molecule has 0 aliphatic carbocycles. The highest BCUT2D eigenvalue weighted by Gasteiger charge is 2.47. The number of nitrogens with zero attached hydrogens (tertiary/aromatic N) is 1. The third-order valence-electron chi connectivity index (χ3n) is 5.28. The summed E-state index contributed by atoms with van der Waals surface area (Å²) in [7, 11) is 0. The Morgan fingerprint density at radius 1 is 1.19 bits per heavy atom. The Bertz CT molecular complexity index is 744. The molecular weight excluding hydrogens is 342 g/mol. The van der Waals surface area contributed by atoms with Crippen LogP contribution in [0.2, 0.25) is 0 Å². The molecule has 1 saturated heterocycles. The van der Waals surface area contributed by atoms with Gasteiger partial charge in [0.1, 0.15) is 12.1 Å². The molecule has 1 aromatic carbocycles. The quantitative estimate of drug-likeness (QED) is 0.720. The fraction of sp³-hybridized carbons (Fsp3) is 0.571. The van der Waals surface area contributed by atoms with Gasteiger partial charge in [-0.05, 0) is 63.1 Å². The highest BCUT2D eigenvalue weighted by molar-refractivity contribution is 6.08. The van der Waals surface area contributed by atoms with E-state index in [0.717, 1.165) is 22.4 Å². The lowest BCUT2D eigenvalue weighted by atomic mass is 9.92. The first kappa shape index (κ1) is 20.9. The maximum Gasteiger partial charge on any atom is 0.325 e. The second-order valence-corrected chi connectivity index (χ2v) is 8.22. The van der Waals surface area contributed by atoms with Crippen molar-refractivity contribution >= 4 is 17.8 Å². The van der Waals surface area contributed by atoms with E-state index in [9.17, 15) is 14.4 Å². The minimum Gasteiger partial charge on any atom is -0.348 e. The fourth-order valence-corrected chi connectivity index (χ4v) is 3.19. The molecule has 2 rings (SSSR count). The van der Waals surface area contributed by atoms with Gasteiger partial charge in [0.15, 0.2) is 0 Å². The summed E-state index contributed by atoms with van der Waals surface area (Å²) in [5.41, 5.74) is 2.41. The molecule has 1 aromatic rings. The zero-order chi connectivity index (χ0) is 20.4. The molecule has 148 valence electrons. The van der Waals surface area contributed by atoms with Gasteiger partial charge in [-0.2, -0.15) is 0 Å². The Hall–Kier alpha value is -2.37. The van der Waals surface area contributed by atoms with Crippen LogP contribution in [0.1, 0.15) is 63.3 Å². The summed E-state index contributed by atoms with van der Waals surface area (Å²) in [5, 5.41) is 5.62. The van der Waals surface area contributed by atoms with Crippen molar-refractivity contribution in [1.82, 2.24) is 15.5 Å². The maximum absolute atomic E-state index is 12.7. The molecule has 0 spiro atoms. The molecule has 0 bridgehead atoms. The standard InChI is InChI=1S/C21H31N3O3/c1-13(2)9-10-21(6)19(26)24(20(27)23-21)12-18(25)22-16(5)17-8-7-14(3)15(4)11-17/h7-8,11,13,16H,9-10,12H2,1-6H3,(H,22,25)(H,23,27). The van der Waals surface area contributed by atoms with E-state index in [1.165, 1.54) is 5.56 Å². The monoisotopic (exact) mass is 373 g/mol. The normalized spacial score (nSPS) is 20.8. The molecule has 1 aliphatic rings. The number of rotatable bonds is 7. The van der Waals surface area contributed by atoms with Crippen LogP contribution < -0.4 is 10.6 Å². The number of carbonyl (C=O) groups excluding carboxylic acids is 3. The van der Waals surface area contributed by atoms with Crippen molar-refractivity contribution in [2.75, 3.05) is 6.54 Å². The minimum atomic E-state index is -0.929. The molecule has 1 fully saturated rings. The second-order valence-electron chi connectivity index (χ2n) is 8.22. The molecule has 2 atom stereocenters. The van der Waals surface area contributed by atoms with E-state index in [0.29, 0.717) is 12.3 Å². The van der Waals surface area contributed by atoms with Crippen LogP contribution in [0.3, 0.4) is 0 Å². The molecule has 1 aliphatic heterocycles. The summed E-state index contributed by atoms with van der Waals surface area (Å²) < 4.78 is 0. The van der Waals surface area contributed by atoms with E-state index >= 15 is 0 Å². The van der Waals surface area contributed by atoms with Gasteiger partial charge in [0.25, 0.3) is 5.91 Å². The van der Waals surface area contributed by atoms with Gasteiger partial charge < -0.3 is 10.6 Å². The number of amides is 4. The van der Waals surface area contributed by atoms with Crippen molar-refractivity contribution < 1.29 is 14.4 Å². The predicted octanol–water partition coefficient (Wildman–Crippen LogP) is 3.23. The van der Waals surface area contributed by atoms with Crippen molar-refractivity contribution in [1.29, 1.82) is 0 Å². The van der Waals surface area contributed by atoms with Crippen LogP contribution in [0, 0.1) is 19.8 Å². The van der Waals surface area contributed by atoms with E-state index < -0.39 is 11.6 Å². The molecule has 0 aromatic heterocycles. The lowest BCUT2D eigenvalue weighted by Gasteiger charge is -2.22. The van der Waals surface area contributed by atoms with E-state index in [2.05, 4.69) is 24.5 Å². The summed E-state index contributed by atoms with van der Waals surface area (Å²) in [6.07, 6.45) is 1.39. The summed E-state index contributed by atoms with van der Waals surface area (Å²) in [5.74, 6) is -0.248. The van der Waals surface area contributed by atoms with Crippen molar-refractivity contribution in [3.8, 4) is 0 Å². The van der Waals surface area contributed by atoms with Gasteiger partial charge >= 0.3 is 6.03 Å². The van der Waals surface area contributed by atoms with Crippen LogP contribution >= 0.6 is 0 Å². The second kappa shape index (κ2) is 8.11. The fourth-order valence-electron chi connectivity index (χ4n) is 3.19. The third kappa shape index (κ3) is 4.87. The number of hydrogen-bond donors (Lipinski definition) is 2. The van der Waals surface area contributed by atoms with Crippen LogP contribution in [0.5, 0.6) is 0 Å². The van der Waals surface area contributed by atoms with Gasteiger partial charge in [-0.3, -0.25) is 14.5 Å². The number of nitrogens with one attached hydrogen (secondary N) is 2. The molecule has 0 saturated carbocycles. The van der Waals surface area contributed by atoms with Gasteiger partial charge in [0, 0.05) is 0 Å². The van der Waals surface area contributed by atoms with Crippen LogP contribution in [0.15, 0.2) is 18.2 Å². The Labute approximate surface area is 161 Å². The first-order chi connectivity index (χ1) is 12.5. The van der Waals surface area contributed by atoms with E-state index in [4.69, 9.17) is 0 Å². The molecule has 6 nitrogen and oxygen atoms in total. The highest BCUT2D eigenvalue weighted by Crippen LogP contribution is 2.24. The molecule has 2 N–H and O–H groups in total. The number of hydrogen-bond acceptors (Lipinski definition) is 3. The van der Waals surface area contributed by atoms with Gasteiger partial charge in [-0.1, -0.05) is 32.0 Å². The SMILES string of the molecule is Cc1ccc(C(C)NC(=O)CN2C(=O)NC(C)(CCC(C)C)C2=O)cc1C. The molecule has 0 radical (unpaired) electrons. The van der Waals surface area contributed by atoms with Crippen LogP contribution in [-0.4, -0.2) is 34.8 Å². The molecular formula is C21H31N3O3. The largest absolute Gasteiger partial charge is 0.348 e. The molecule has 6 heteroatoms. The highest BCUT2D eigenvalue weighted by atomic mass is 16.2. The van der Waals surface area contributed by atoms with Gasteiger partial charge in [-0.15, -0.1) is 0 Å². The minimum absolute atomic E-state index is 0.204. The van der Waals surface area contributed by atoms with Crippen LogP contribution in [0.25, 0.3) is 0 Å². The summed E-state index contributed by atoms with van der Waals surface area (Å²) in [6.45, 7) is 11.6. The topological polar surface area (TPSA) is 78.5 Å². The number of urea groups is 1. The summed E-state index contributed by atoms with van der Waals surface area (Å²) >= 11 is 0. The predicted molar refractivity (Wildman–Crippen MR) is 105 cm³/mol.